The lowest BCUT2D eigenvalue weighted by Crippen LogP contribution is -2.42. The lowest BCUT2D eigenvalue weighted by molar-refractivity contribution is -0.144. The normalized spacial score (nSPS) is 16.9. The third kappa shape index (κ3) is 6.96. The zero-order valence-corrected chi connectivity index (χ0v) is 13.7. The summed E-state index contributed by atoms with van der Waals surface area (Å²) in [5, 5.41) is 0. The molecule has 0 bridgehead atoms. The van der Waals surface area contributed by atoms with Crippen molar-refractivity contribution in [3.8, 4) is 0 Å². The molecule has 1 rings (SSSR count). The van der Waals surface area contributed by atoms with Gasteiger partial charge in [0.15, 0.2) is 0 Å². The first-order valence-electron chi connectivity index (χ1n) is 8.64. The fraction of sp³-hybridized carbons (Fsp3) is 0.882. The lowest BCUT2D eigenvalue weighted by Gasteiger charge is -2.33. The van der Waals surface area contributed by atoms with Crippen molar-refractivity contribution in [2.75, 3.05) is 13.2 Å². The first-order chi connectivity index (χ1) is 10.2. The van der Waals surface area contributed by atoms with Crippen molar-refractivity contribution in [2.45, 2.75) is 84.1 Å². The Balaban J connectivity index is 2.60. The molecule has 1 aliphatic rings. The van der Waals surface area contributed by atoms with Crippen LogP contribution in [0.15, 0.2) is 0 Å². The summed E-state index contributed by atoms with van der Waals surface area (Å²) in [6.07, 6.45) is 10.2. The fourth-order valence-electron chi connectivity index (χ4n) is 3.06. The van der Waals surface area contributed by atoms with Crippen molar-refractivity contribution in [1.82, 2.24) is 4.90 Å². The fourth-order valence-corrected chi connectivity index (χ4v) is 3.06. The maximum Gasteiger partial charge on any atom is 0.307 e. The molecule has 1 fully saturated rings. The van der Waals surface area contributed by atoms with Crippen molar-refractivity contribution in [3.63, 3.8) is 0 Å². The van der Waals surface area contributed by atoms with Gasteiger partial charge in [-0.1, -0.05) is 39.0 Å². The zero-order valence-electron chi connectivity index (χ0n) is 13.7. The molecule has 0 aromatic heterocycles. The minimum atomic E-state index is -0.197. The van der Waals surface area contributed by atoms with E-state index < -0.39 is 0 Å². The number of nitrogens with zero attached hydrogens (tertiary/aromatic N) is 1. The van der Waals surface area contributed by atoms with Gasteiger partial charge in [-0.3, -0.25) is 9.59 Å². The van der Waals surface area contributed by atoms with Gasteiger partial charge in [0.1, 0.15) is 0 Å². The maximum absolute atomic E-state index is 12.4. The van der Waals surface area contributed by atoms with E-state index in [0.29, 0.717) is 32.0 Å². The average molecular weight is 297 g/mol. The van der Waals surface area contributed by atoms with E-state index in [4.69, 9.17) is 4.74 Å². The number of hydrogen-bond donors (Lipinski definition) is 0. The molecule has 0 atom stereocenters. The highest BCUT2D eigenvalue weighted by Gasteiger charge is 2.24. The topological polar surface area (TPSA) is 46.6 Å². The largest absolute Gasteiger partial charge is 0.466 e. The molecule has 0 saturated heterocycles. The molecule has 122 valence electrons. The second kappa shape index (κ2) is 10.6. The van der Waals surface area contributed by atoms with Crippen LogP contribution < -0.4 is 0 Å². The van der Waals surface area contributed by atoms with Crippen LogP contribution in [0, 0.1) is 0 Å². The number of amides is 1. The van der Waals surface area contributed by atoms with Crippen LogP contribution in [-0.2, 0) is 14.3 Å². The second-order valence-corrected chi connectivity index (χ2v) is 5.89. The SMILES string of the molecule is CCCC(=O)N(CCC(=O)OCC)C1CCCCCCC1. The molecule has 0 radical (unpaired) electrons. The smallest absolute Gasteiger partial charge is 0.307 e. The molecule has 0 aromatic carbocycles. The van der Waals surface area contributed by atoms with Crippen LogP contribution >= 0.6 is 0 Å². The molecule has 0 aromatic rings. The van der Waals surface area contributed by atoms with E-state index in [1.54, 1.807) is 0 Å². The number of carbonyl (C=O) groups is 2. The van der Waals surface area contributed by atoms with E-state index in [1.165, 1.54) is 32.1 Å². The zero-order chi connectivity index (χ0) is 15.5. The first kappa shape index (κ1) is 18.0. The van der Waals surface area contributed by atoms with E-state index >= 15 is 0 Å². The van der Waals surface area contributed by atoms with Gasteiger partial charge in [-0.25, -0.2) is 0 Å². The average Bonchev–Trinajstić information content (AvgIpc) is 2.41. The summed E-state index contributed by atoms with van der Waals surface area (Å²) in [7, 11) is 0. The number of carbonyl (C=O) groups excluding carboxylic acids is 2. The minimum Gasteiger partial charge on any atom is -0.466 e. The van der Waals surface area contributed by atoms with Crippen molar-refractivity contribution >= 4 is 11.9 Å². The van der Waals surface area contributed by atoms with Crippen LogP contribution in [0.4, 0.5) is 0 Å². The highest BCUT2D eigenvalue weighted by molar-refractivity contribution is 5.77. The maximum atomic E-state index is 12.4. The van der Waals surface area contributed by atoms with Crippen molar-refractivity contribution in [2.24, 2.45) is 0 Å². The highest BCUT2D eigenvalue weighted by atomic mass is 16.5. The van der Waals surface area contributed by atoms with Crippen LogP contribution in [0.5, 0.6) is 0 Å². The summed E-state index contributed by atoms with van der Waals surface area (Å²) in [6, 6.07) is 0.318. The van der Waals surface area contributed by atoms with E-state index in [-0.39, 0.29) is 11.9 Å². The Bertz CT molecular complexity index is 309. The molecule has 0 spiro atoms. The van der Waals surface area contributed by atoms with Crippen LogP contribution in [0.3, 0.4) is 0 Å². The Morgan fingerprint density at radius 3 is 2.19 bits per heavy atom. The molecule has 4 nitrogen and oxygen atoms in total. The van der Waals surface area contributed by atoms with Crippen LogP contribution in [0.2, 0.25) is 0 Å². The molecule has 0 N–H and O–H groups in total. The van der Waals surface area contributed by atoms with Gasteiger partial charge in [-0.2, -0.15) is 0 Å². The Kier molecular flexibility index (Phi) is 9.11. The number of ether oxygens (including phenoxy) is 1. The predicted molar refractivity (Wildman–Crippen MR) is 84.0 cm³/mol. The summed E-state index contributed by atoms with van der Waals surface area (Å²) >= 11 is 0. The molecule has 4 heteroatoms. The highest BCUT2D eigenvalue weighted by Crippen LogP contribution is 2.22. The third-order valence-corrected chi connectivity index (χ3v) is 4.16. The third-order valence-electron chi connectivity index (χ3n) is 4.16. The predicted octanol–water partition coefficient (Wildman–Crippen LogP) is 3.68. The quantitative estimate of drug-likeness (QED) is 0.673. The molecule has 0 heterocycles. The van der Waals surface area contributed by atoms with Crippen molar-refractivity contribution in [3.05, 3.63) is 0 Å². The Hall–Kier alpha value is -1.06. The lowest BCUT2D eigenvalue weighted by atomic mass is 9.95. The molecular weight excluding hydrogens is 266 g/mol. The monoisotopic (exact) mass is 297 g/mol. The summed E-state index contributed by atoms with van der Waals surface area (Å²) in [6.45, 7) is 4.76. The van der Waals surface area contributed by atoms with Gasteiger partial charge in [-0.15, -0.1) is 0 Å². The van der Waals surface area contributed by atoms with E-state index in [9.17, 15) is 9.59 Å². The molecular formula is C17H31NO3. The van der Waals surface area contributed by atoms with Gasteiger partial charge < -0.3 is 9.64 Å². The van der Waals surface area contributed by atoms with Crippen LogP contribution in [0.1, 0.15) is 78.1 Å². The molecule has 0 aliphatic heterocycles. The second-order valence-electron chi connectivity index (χ2n) is 5.89. The molecule has 1 saturated carbocycles. The minimum absolute atomic E-state index is 0.197. The Morgan fingerprint density at radius 2 is 1.62 bits per heavy atom. The molecule has 1 aliphatic carbocycles. The van der Waals surface area contributed by atoms with Crippen LogP contribution in [0.25, 0.3) is 0 Å². The summed E-state index contributed by atoms with van der Waals surface area (Å²) < 4.78 is 4.99. The standard InChI is InChI=1S/C17H31NO3/c1-3-10-16(19)18(14-13-17(20)21-4-2)15-11-8-6-5-7-9-12-15/h15H,3-14H2,1-2H3. The molecule has 1 amide bonds. The van der Waals surface area contributed by atoms with Gasteiger partial charge >= 0.3 is 5.97 Å². The Morgan fingerprint density at radius 1 is 1.00 bits per heavy atom. The number of rotatable bonds is 7. The van der Waals surface area contributed by atoms with Gasteiger partial charge in [0.05, 0.1) is 13.0 Å². The van der Waals surface area contributed by atoms with Crippen molar-refractivity contribution in [1.29, 1.82) is 0 Å². The molecule has 21 heavy (non-hydrogen) atoms. The van der Waals surface area contributed by atoms with E-state index in [1.807, 2.05) is 18.7 Å². The number of hydrogen-bond acceptors (Lipinski definition) is 3. The Labute approximate surface area is 129 Å². The summed E-state index contributed by atoms with van der Waals surface area (Å²) in [5.41, 5.74) is 0. The summed E-state index contributed by atoms with van der Waals surface area (Å²) in [4.78, 5) is 25.9. The summed E-state index contributed by atoms with van der Waals surface area (Å²) in [5.74, 6) is 0.00464. The van der Waals surface area contributed by atoms with Gasteiger partial charge in [0.2, 0.25) is 5.91 Å². The van der Waals surface area contributed by atoms with E-state index in [0.717, 1.165) is 19.3 Å². The molecule has 0 unspecified atom stereocenters. The van der Waals surface area contributed by atoms with Gasteiger partial charge in [0, 0.05) is 19.0 Å². The first-order valence-corrected chi connectivity index (χ1v) is 8.64. The number of esters is 1. The van der Waals surface area contributed by atoms with Crippen molar-refractivity contribution < 1.29 is 14.3 Å². The van der Waals surface area contributed by atoms with Crippen LogP contribution in [-0.4, -0.2) is 36.0 Å². The van der Waals surface area contributed by atoms with Gasteiger partial charge in [-0.05, 0) is 26.2 Å². The van der Waals surface area contributed by atoms with E-state index in [2.05, 4.69) is 0 Å². The van der Waals surface area contributed by atoms with Gasteiger partial charge in [0.25, 0.3) is 0 Å².